The number of amides is 1. The van der Waals surface area contributed by atoms with E-state index in [4.69, 9.17) is 0 Å². The zero-order valence-electron chi connectivity index (χ0n) is 18.4. The lowest BCUT2D eigenvalue weighted by atomic mass is 10.0. The highest BCUT2D eigenvalue weighted by Gasteiger charge is 2.29. The number of hydrogen-bond donors (Lipinski definition) is 3. The SMILES string of the molecule is C=N/C(=N\c1c(C)cc2n1C[C@@H](C(C)C)NC2=O)Nc1ccc(N2CCNCC2)cn1. The molecule has 0 radical (unpaired) electrons. The van der Waals surface area contributed by atoms with Crippen LogP contribution < -0.4 is 20.9 Å². The Hall–Kier alpha value is -3.20. The topological polar surface area (TPSA) is 98.9 Å². The van der Waals surface area contributed by atoms with E-state index in [0.717, 1.165) is 37.4 Å². The molecule has 1 atom stereocenters. The fourth-order valence-electron chi connectivity index (χ4n) is 3.95. The quantitative estimate of drug-likeness (QED) is 0.518. The maximum Gasteiger partial charge on any atom is 0.268 e. The summed E-state index contributed by atoms with van der Waals surface area (Å²) in [6.07, 6.45) is 1.86. The van der Waals surface area contributed by atoms with Gasteiger partial charge in [0.1, 0.15) is 17.3 Å². The molecule has 4 heterocycles. The number of fused-ring (bicyclic) bond motifs is 1. The number of aliphatic imine (C=N–C) groups is 2. The molecule has 2 aliphatic heterocycles. The van der Waals surface area contributed by atoms with Crippen molar-refractivity contribution in [2.45, 2.75) is 33.4 Å². The third-order valence-corrected chi connectivity index (χ3v) is 5.82. The number of nitrogens with one attached hydrogen (secondary N) is 3. The summed E-state index contributed by atoms with van der Waals surface area (Å²) in [5, 5.41) is 9.57. The summed E-state index contributed by atoms with van der Waals surface area (Å²) in [4.78, 5) is 28.1. The van der Waals surface area contributed by atoms with E-state index in [2.05, 4.69) is 56.4 Å². The molecule has 0 unspecified atom stereocenters. The van der Waals surface area contributed by atoms with Gasteiger partial charge in [-0.1, -0.05) is 13.8 Å². The van der Waals surface area contributed by atoms with Crippen LogP contribution in [0.3, 0.4) is 0 Å². The molecule has 2 aliphatic rings. The first kappa shape index (κ1) is 21.0. The van der Waals surface area contributed by atoms with Crippen LogP contribution in [0.15, 0.2) is 34.4 Å². The highest BCUT2D eigenvalue weighted by Crippen LogP contribution is 2.28. The lowest BCUT2D eigenvalue weighted by Gasteiger charge is -2.29. The molecular formula is C22H30N8O. The number of carbonyl (C=O) groups excluding carboxylic acids is 1. The van der Waals surface area contributed by atoms with Gasteiger partial charge in [-0.05, 0) is 43.3 Å². The summed E-state index contributed by atoms with van der Waals surface area (Å²) in [5.74, 6) is 1.96. The Morgan fingerprint density at radius 1 is 1.32 bits per heavy atom. The molecule has 9 heteroatoms. The van der Waals surface area contributed by atoms with Gasteiger partial charge in [-0.25, -0.2) is 9.98 Å². The van der Waals surface area contributed by atoms with Crippen molar-refractivity contribution in [3.05, 3.63) is 35.7 Å². The van der Waals surface area contributed by atoms with Gasteiger partial charge in [0.25, 0.3) is 5.91 Å². The summed E-state index contributed by atoms with van der Waals surface area (Å²) >= 11 is 0. The predicted molar refractivity (Wildman–Crippen MR) is 125 cm³/mol. The van der Waals surface area contributed by atoms with Gasteiger partial charge in [-0.15, -0.1) is 0 Å². The van der Waals surface area contributed by atoms with Crippen LogP contribution in [0.5, 0.6) is 0 Å². The second-order valence-corrected chi connectivity index (χ2v) is 8.33. The Bertz CT molecular complexity index is 986. The molecule has 9 nitrogen and oxygen atoms in total. The van der Waals surface area contributed by atoms with Crippen LogP contribution in [0.2, 0.25) is 0 Å². The molecule has 2 aromatic heterocycles. The predicted octanol–water partition coefficient (Wildman–Crippen LogP) is 2.17. The van der Waals surface area contributed by atoms with Crippen LogP contribution in [0.4, 0.5) is 17.3 Å². The molecule has 1 saturated heterocycles. The molecule has 4 rings (SSSR count). The lowest BCUT2D eigenvalue weighted by Crippen LogP contribution is -2.46. The average molecular weight is 423 g/mol. The van der Waals surface area contributed by atoms with Crippen LogP contribution >= 0.6 is 0 Å². The van der Waals surface area contributed by atoms with E-state index in [0.29, 0.717) is 35.8 Å². The van der Waals surface area contributed by atoms with Crippen LogP contribution in [0.25, 0.3) is 0 Å². The number of piperazine rings is 1. The van der Waals surface area contributed by atoms with Gasteiger partial charge in [0.15, 0.2) is 0 Å². The Labute approximate surface area is 182 Å². The van der Waals surface area contributed by atoms with E-state index < -0.39 is 0 Å². The molecule has 1 fully saturated rings. The zero-order chi connectivity index (χ0) is 22.0. The summed E-state index contributed by atoms with van der Waals surface area (Å²) in [6.45, 7) is 14.4. The molecule has 0 bridgehead atoms. The highest BCUT2D eigenvalue weighted by molar-refractivity contribution is 5.98. The lowest BCUT2D eigenvalue weighted by molar-refractivity contribution is 0.0884. The fraction of sp³-hybridized carbons (Fsp3) is 0.455. The van der Waals surface area contributed by atoms with Gasteiger partial charge in [0.2, 0.25) is 5.96 Å². The summed E-state index contributed by atoms with van der Waals surface area (Å²) in [6, 6.07) is 5.89. The molecule has 0 spiro atoms. The standard InChI is InChI=1S/C22H30N8O/c1-14(2)17-13-30-18(21(31)26-17)11-15(3)20(30)28-22(23-4)27-19-6-5-16(12-25-19)29-9-7-24-8-10-29/h5-6,11-12,14,17,24H,4,7-10,13H2,1-3H3,(H,26,31)(H,25,27,28)/t17-/m0/s1. The average Bonchev–Trinajstić information content (AvgIpc) is 3.10. The van der Waals surface area contributed by atoms with Gasteiger partial charge < -0.3 is 25.4 Å². The normalized spacial score (nSPS) is 19.2. The Balaban J connectivity index is 1.55. The number of pyridine rings is 1. The van der Waals surface area contributed by atoms with Crippen molar-refractivity contribution in [1.82, 2.24) is 20.2 Å². The van der Waals surface area contributed by atoms with Crippen molar-refractivity contribution in [1.29, 1.82) is 0 Å². The molecule has 31 heavy (non-hydrogen) atoms. The van der Waals surface area contributed by atoms with Gasteiger partial charge in [-0.2, -0.15) is 4.99 Å². The van der Waals surface area contributed by atoms with E-state index in [1.54, 1.807) is 0 Å². The van der Waals surface area contributed by atoms with Crippen molar-refractivity contribution < 1.29 is 4.79 Å². The maximum atomic E-state index is 12.5. The first-order valence-corrected chi connectivity index (χ1v) is 10.7. The molecule has 0 saturated carbocycles. The molecule has 0 aromatic carbocycles. The number of aromatic nitrogens is 2. The number of nitrogens with zero attached hydrogens (tertiary/aromatic N) is 5. The monoisotopic (exact) mass is 422 g/mol. The van der Waals surface area contributed by atoms with Crippen LogP contribution in [-0.4, -0.2) is 60.4 Å². The fourth-order valence-corrected chi connectivity index (χ4v) is 3.95. The molecule has 0 aliphatic carbocycles. The number of carbonyl (C=O) groups is 1. The first-order chi connectivity index (χ1) is 15.0. The Morgan fingerprint density at radius 2 is 2.10 bits per heavy atom. The van der Waals surface area contributed by atoms with Crippen molar-refractivity contribution in [3.63, 3.8) is 0 Å². The van der Waals surface area contributed by atoms with Crippen molar-refractivity contribution in [3.8, 4) is 0 Å². The third-order valence-electron chi connectivity index (χ3n) is 5.82. The second kappa shape index (κ2) is 8.89. The summed E-state index contributed by atoms with van der Waals surface area (Å²) < 4.78 is 1.96. The van der Waals surface area contributed by atoms with Crippen molar-refractivity contribution >= 4 is 35.9 Å². The molecule has 164 valence electrons. The Kier molecular flexibility index (Phi) is 6.03. The van der Waals surface area contributed by atoms with Crippen LogP contribution in [-0.2, 0) is 6.54 Å². The number of hydrogen-bond acceptors (Lipinski definition) is 5. The first-order valence-electron chi connectivity index (χ1n) is 10.7. The van der Waals surface area contributed by atoms with E-state index >= 15 is 0 Å². The zero-order valence-corrected chi connectivity index (χ0v) is 18.4. The van der Waals surface area contributed by atoms with Gasteiger partial charge in [0, 0.05) is 38.8 Å². The van der Waals surface area contributed by atoms with Crippen molar-refractivity contribution in [2.24, 2.45) is 15.9 Å². The van der Waals surface area contributed by atoms with Crippen molar-refractivity contribution in [2.75, 3.05) is 36.4 Å². The van der Waals surface area contributed by atoms with Gasteiger partial charge in [-0.3, -0.25) is 4.79 Å². The van der Waals surface area contributed by atoms with E-state index in [9.17, 15) is 4.79 Å². The second-order valence-electron chi connectivity index (χ2n) is 8.33. The molecule has 3 N–H and O–H groups in total. The minimum Gasteiger partial charge on any atom is -0.368 e. The highest BCUT2D eigenvalue weighted by atomic mass is 16.2. The number of guanidine groups is 1. The Morgan fingerprint density at radius 3 is 2.74 bits per heavy atom. The van der Waals surface area contributed by atoms with Crippen LogP contribution in [0.1, 0.15) is 29.9 Å². The molecule has 2 aromatic rings. The third kappa shape index (κ3) is 4.46. The smallest absolute Gasteiger partial charge is 0.268 e. The number of aryl methyl sites for hydroxylation is 1. The largest absolute Gasteiger partial charge is 0.368 e. The van der Waals surface area contributed by atoms with Gasteiger partial charge in [0.05, 0.1) is 11.9 Å². The van der Waals surface area contributed by atoms with Gasteiger partial charge >= 0.3 is 0 Å². The van der Waals surface area contributed by atoms with E-state index in [-0.39, 0.29) is 11.9 Å². The minimum absolute atomic E-state index is 0.0630. The number of rotatable bonds is 4. The van der Waals surface area contributed by atoms with E-state index in [1.807, 2.05) is 35.9 Å². The maximum absolute atomic E-state index is 12.5. The number of anilines is 2. The minimum atomic E-state index is -0.0688. The van der Waals surface area contributed by atoms with Crippen LogP contribution in [0, 0.1) is 12.8 Å². The molecular weight excluding hydrogens is 392 g/mol. The summed E-state index contributed by atoms with van der Waals surface area (Å²) in [5.41, 5.74) is 2.63. The summed E-state index contributed by atoms with van der Waals surface area (Å²) in [7, 11) is 0. The van der Waals surface area contributed by atoms with E-state index in [1.165, 1.54) is 0 Å². The molecule has 1 amide bonds.